The van der Waals surface area contributed by atoms with Crippen LogP contribution in [0.15, 0.2) is 77.0 Å². The number of hydrogen-bond donors (Lipinski definition) is 0. The van der Waals surface area contributed by atoms with E-state index in [2.05, 4.69) is 30.8 Å². The predicted molar refractivity (Wildman–Crippen MR) is 106 cm³/mol. The Balaban J connectivity index is 1.49. The Labute approximate surface area is 160 Å². The molecule has 2 aromatic rings. The van der Waals surface area contributed by atoms with Crippen LogP contribution in [0.1, 0.15) is 24.8 Å². The zero-order valence-electron chi connectivity index (χ0n) is 15.2. The van der Waals surface area contributed by atoms with Crippen LogP contribution in [0.25, 0.3) is 0 Å². The van der Waals surface area contributed by atoms with Gasteiger partial charge in [-0.1, -0.05) is 66.9 Å². The van der Waals surface area contributed by atoms with Gasteiger partial charge in [0.25, 0.3) is 0 Å². The van der Waals surface area contributed by atoms with Gasteiger partial charge in [0.15, 0.2) is 6.29 Å². The third-order valence-corrected chi connectivity index (χ3v) is 5.45. The first-order valence-corrected chi connectivity index (χ1v) is 9.80. The highest BCUT2D eigenvalue weighted by Crippen LogP contribution is 2.32. The molecule has 1 fully saturated rings. The van der Waals surface area contributed by atoms with Gasteiger partial charge in [-0.25, -0.2) is 0 Å². The molecule has 1 saturated heterocycles. The van der Waals surface area contributed by atoms with E-state index >= 15 is 0 Å². The first-order chi connectivity index (χ1) is 12.7. The summed E-state index contributed by atoms with van der Waals surface area (Å²) in [5, 5.41) is 0. The number of benzene rings is 2. The molecular weight excluding hydrogens is 344 g/mol. The van der Waals surface area contributed by atoms with Crippen molar-refractivity contribution >= 4 is 11.8 Å². The molecule has 0 aromatic heterocycles. The third kappa shape index (κ3) is 5.71. The second kappa shape index (κ2) is 9.93. The van der Waals surface area contributed by atoms with Crippen LogP contribution < -0.4 is 0 Å². The summed E-state index contributed by atoms with van der Waals surface area (Å²) in [7, 11) is 1.69. The summed E-state index contributed by atoms with van der Waals surface area (Å²) in [5.74, 6) is 0. The molecular formula is C22H26O3S. The summed E-state index contributed by atoms with van der Waals surface area (Å²) in [6.07, 6.45) is 2.46. The summed E-state index contributed by atoms with van der Waals surface area (Å²) < 4.78 is 17.6. The number of ether oxygens (including phenoxy) is 3. The summed E-state index contributed by atoms with van der Waals surface area (Å²) in [4.78, 5) is 2.36. The number of methoxy groups -OCH3 is 1. The zero-order valence-corrected chi connectivity index (χ0v) is 16.0. The Hall–Kier alpha value is -1.59. The lowest BCUT2D eigenvalue weighted by molar-refractivity contribution is -0.121. The molecule has 0 N–H and O–H groups in total. The van der Waals surface area contributed by atoms with Gasteiger partial charge in [0.05, 0.1) is 18.8 Å². The molecule has 4 heteroatoms. The van der Waals surface area contributed by atoms with Gasteiger partial charge in [-0.3, -0.25) is 0 Å². The molecule has 1 heterocycles. The van der Waals surface area contributed by atoms with Crippen molar-refractivity contribution in [2.75, 3.05) is 7.11 Å². The van der Waals surface area contributed by atoms with E-state index in [1.807, 2.05) is 36.4 Å². The molecule has 0 spiro atoms. The lowest BCUT2D eigenvalue weighted by atomic mass is 10.1. The van der Waals surface area contributed by atoms with E-state index in [-0.39, 0.29) is 18.5 Å². The molecule has 0 radical (unpaired) electrons. The van der Waals surface area contributed by atoms with Gasteiger partial charge in [0.1, 0.15) is 0 Å². The average molecular weight is 371 g/mol. The number of allylic oxidation sites excluding steroid dienone is 1. The standard InChI is InChI=1S/C22H26O3S/c1-17(26-19-11-7-4-8-12-19)13-14-20-21(15-22(23-2)25-20)24-16-18-9-5-3-6-10-18/h3-12,20-22H,1,13-16H2,2H3/t20-,21+,22+/m1/s1. The van der Waals surface area contributed by atoms with Crippen molar-refractivity contribution in [2.24, 2.45) is 0 Å². The monoisotopic (exact) mass is 370 g/mol. The number of thioether (sulfide) groups is 1. The molecule has 3 nitrogen and oxygen atoms in total. The van der Waals surface area contributed by atoms with Gasteiger partial charge in [0, 0.05) is 18.4 Å². The van der Waals surface area contributed by atoms with Crippen LogP contribution in [-0.4, -0.2) is 25.6 Å². The minimum atomic E-state index is -0.184. The van der Waals surface area contributed by atoms with E-state index in [0.29, 0.717) is 6.61 Å². The van der Waals surface area contributed by atoms with Gasteiger partial charge >= 0.3 is 0 Å². The molecule has 3 rings (SSSR count). The van der Waals surface area contributed by atoms with E-state index in [1.54, 1.807) is 18.9 Å². The van der Waals surface area contributed by atoms with Gasteiger partial charge in [-0.15, -0.1) is 0 Å². The second-order valence-electron chi connectivity index (χ2n) is 6.40. The number of rotatable bonds is 9. The molecule has 0 bridgehead atoms. The third-order valence-electron chi connectivity index (χ3n) is 4.45. The molecule has 0 saturated carbocycles. The van der Waals surface area contributed by atoms with Gasteiger partial charge < -0.3 is 14.2 Å². The minimum absolute atomic E-state index is 0.0387. The summed E-state index contributed by atoms with van der Waals surface area (Å²) in [6.45, 7) is 4.80. The Morgan fingerprint density at radius 1 is 1.12 bits per heavy atom. The fourth-order valence-electron chi connectivity index (χ4n) is 3.05. The van der Waals surface area contributed by atoms with Crippen molar-refractivity contribution < 1.29 is 14.2 Å². The average Bonchev–Trinajstić information content (AvgIpc) is 3.09. The normalized spacial score (nSPS) is 22.4. The van der Waals surface area contributed by atoms with Crippen molar-refractivity contribution in [1.29, 1.82) is 0 Å². The van der Waals surface area contributed by atoms with Crippen LogP contribution in [-0.2, 0) is 20.8 Å². The topological polar surface area (TPSA) is 27.7 Å². The Bertz CT molecular complexity index is 674. The van der Waals surface area contributed by atoms with Crippen LogP contribution in [0, 0.1) is 0 Å². The molecule has 0 aliphatic carbocycles. The highest BCUT2D eigenvalue weighted by Gasteiger charge is 2.35. The molecule has 26 heavy (non-hydrogen) atoms. The first-order valence-electron chi connectivity index (χ1n) is 8.99. The largest absolute Gasteiger partial charge is 0.371 e. The van der Waals surface area contributed by atoms with E-state index < -0.39 is 0 Å². The van der Waals surface area contributed by atoms with E-state index in [1.165, 1.54) is 10.5 Å². The summed E-state index contributed by atoms with van der Waals surface area (Å²) in [5.41, 5.74) is 1.18. The van der Waals surface area contributed by atoms with Crippen molar-refractivity contribution in [1.82, 2.24) is 0 Å². The van der Waals surface area contributed by atoms with Crippen LogP contribution in [0.4, 0.5) is 0 Å². The lowest BCUT2D eigenvalue weighted by Crippen LogP contribution is -2.24. The summed E-state index contributed by atoms with van der Waals surface area (Å²) >= 11 is 1.72. The maximum absolute atomic E-state index is 6.14. The fraction of sp³-hybridized carbons (Fsp3) is 0.364. The molecule has 1 aliphatic heterocycles. The molecule has 3 atom stereocenters. The first kappa shape index (κ1) is 19.2. The van der Waals surface area contributed by atoms with Crippen LogP contribution in [0.5, 0.6) is 0 Å². The van der Waals surface area contributed by atoms with Crippen LogP contribution in [0.3, 0.4) is 0 Å². The van der Waals surface area contributed by atoms with Gasteiger partial charge in [-0.05, 0) is 35.4 Å². The SMILES string of the molecule is C=C(CC[C@H]1O[C@H](OC)C[C@@H]1OCc1ccccc1)Sc1ccccc1. The summed E-state index contributed by atoms with van der Waals surface area (Å²) in [6, 6.07) is 20.6. The van der Waals surface area contributed by atoms with E-state index in [4.69, 9.17) is 14.2 Å². The van der Waals surface area contributed by atoms with Gasteiger partial charge in [0.2, 0.25) is 0 Å². The van der Waals surface area contributed by atoms with Crippen molar-refractivity contribution in [3.63, 3.8) is 0 Å². The van der Waals surface area contributed by atoms with E-state index in [9.17, 15) is 0 Å². The van der Waals surface area contributed by atoms with Crippen LogP contribution >= 0.6 is 11.8 Å². The Morgan fingerprint density at radius 3 is 2.50 bits per heavy atom. The van der Waals surface area contributed by atoms with Crippen molar-refractivity contribution in [3.8, 4) is 0 Å². The molecule has 0 unspecified atom stereocenters. The fourth-order valence-corrected chi connectivity index (χ4v) is 3.89. The molecule has 1 aliphatic rings. The van der Waals surface area contributed by atoms with Crippen molar-refractivity contribution in [3.05, 3.63) is 77.7 Å². The predicted octanol–water partition coefficient (Wildman–Crippen LogP) is 5.42. The minimum Gasteiger partial charge on any atom is -0.371 e. The van der Waals surface area contributed by atoms with Crippen molar-refractivity contribution in [2.45, 2.75) is 49.3 Å². The molecule has 2 aromatic carbocycles. The highest BCUT2D eigenvalue weighted by atomic mass is 32.2. The second-order valence-corrected chi connectivity index (χ2v) is 7.66. The van der Waals surface area contributed by atoms with Gasteiger partial charge in [-0.2, -0.15) is 0 Å². The lowest BCUT2D eigenvalue weighted by Gasteiger charge is -2.19. The molecule has 0 amide bonds. The quantitative estimate of drug-likeness (QED) is 0.551. The highest BCUT2D eigenvalue weighted by molar-refractivity contribution is 8.03. The zero-order chi connectivity index (χ0) is 18.2. The maximum Gasteiger partial charge on any atom is 0.160 e. The van der Waals surface area contributed by atoms with E-state index in [0.717, 1.165) is 24.2 Å². The Morgan fingerprint density at radius 2 is 1.81 bits per heavy atom. The Kier molecular flexibility index (Phi) is 7.32. The van der Waals surface area contributed by atoms with Crippen LogP contribution in [0.2, 0.25) is 0 Å². The molecule has 138 valence electrons. The number of hydrogen-bond acceptors (Lipinski definition) is 4. The maximum atomic E-state index is 6.14. The smallest absolute Gasteiger partial charge is 0.160 e.